The number of aldehydes is 1. The Kier molecular flexibility index (Phi) is 6.37. The monoisotopic (exact) mass is 487 g/mol. The zero-order valence-electron chi connectivity index (χ0n) is 16.4. The molecule has 162 valence electrons. The quantitative estimate of drug-likeness (QED) is 0.252. The Morgan fingerprint density at radius 3 is 2.56 bits per heavy atom. The van der Waals surface area contributed by atoms with E-state index in [-0.39, 0.29) is 33.1 Å². The van der Waals surface area contributed by atoms with Crippen molar-refractivity contribution in [3.05, 3.63) is 87.1 Å². The Morgan fingerprint density at radius 2 is 1.84 bits per heavy atom. The zero-order valence-corrected chi connectivity index (χ0v) is 18.7. The van der Waals surface area contributed by atoms with E-state index in [0.717, 1.165) is 17.4 Å². The Morgan fingerprint density at radius 1 is 1.09 bits per heavy atom. The first-order valence-electron chi connectivity index (χ1n) is 9.53. The lowest BCUT2D eigenvalue weighted by molar-refractivity contribution is -0.108. The van der Waals surface area contributed by atoms with Gasteiger partial charge in [0.15, 0.2) is 0 Å². The fourth-order valence-electron chi connectivity index (χ4n) is 3.52. The molecule has 4 aromatic rings. The molecule has 4 rings (SSSR count). The highest BCUT2D eigenvalue weighted by atomic mass is 35.5. The van der Waals surface area contributed by atoms with Crippen LogP contribution < -0.4 is 5.32 Å². The van der Waals surface area contributed by atoms with Gasteiger partial charge >= 0.3 is 0 Å². The number of fused-ring (bicyclic) bond motifs is 1. The maximum atomic E-state index is 12.8. The van der Waals surface area contributed by atoms with E-state index in [9.17, 15) is 14.7 Å². The number of halogens is 3. The molecule has 1 amide bonds. The number of aromatic hydroxyl groups is 1. The zero-order chi connectivity index (χ0) is 22.8. The van der Waals surface area contributed by atoms with Crippen LogP contribution in [0.1, 0.15) is 28.4 Å². The second kappa shape index (κ2) is 9.20. The van der Waals surface area contributed by atoms with Crippen LogP contribution in [0.2, 0.25) is 15.1 Å². The van der Waals surface area contributed by atoms with Gasteiger partial charge in [0, 0.05) is 12.1 Å². The highest BCUT2D eigenvalue weighted by Gasteiger charge is 2.22. The first-order valence-corrected chi connectivity index (χ1v) is 10.7. The van der Waals surface area contributed by atoms with Crippen molar-refractivity contribution in [2.75, 3.05) is 5.32 Å². The number of carbonyl (C=O) groups excluding carboxylic acids is 2. The van der Waals surface area contributed by atoms with Gasteiger partial charge in [-0.15, -0.1) is 0 Å². The highest BCUT2D eigenvalue weighted by molar-refractivity contribution is 6.46. The Labute approximate surface area is 198 Å². The van der Waals surface area contributed by atoms with Gasteiger partial charge in [-0.25, -0.2) is 4.98 Å². The van der Waals surface area contributed by atoms with Crippen molar-refractivity contribution < 1.29 is 14.7 Å². The molecular formula is C23H16Cl3N3O3. The largest absolute Gasteiger partial charge is 0.505 e. The molecule has 1 aromatic heterocycles. The predicted octanol–water partition coefficient (Wildman–Crippen LogP) is 6.13. The number of anilines is 1. The number of hydrogen-bond donors (Lipinski definition) is 2. The smallest absolute Gasteiger partial charge is 0.261 e. The van der Waals surface area contributed by atoms with Crippen molar-refractivity contribution in [2.45, 2.75) is 12.5 Å². The molecule has 2 N–H and O–H groups in total. The summed E-state index contributed by atoms with van der Waals surface area (Å²) in [5.74, 6) is -1.13. The summed E-state index contributed by atoms with van der Waals surface area (Å²) in [6, 6.07) is 15.8. The molecule has 0 fully saturated rings. The van der Waals surface area contributed by atoms with E-state index in [1.165, 1.54) is 6.07 Å². The van der Waals surface area contributed by atoms with Crippen LogP contribution in [-0.4, -0.2) is 26.9 Å². The van der Waals surface area contributed by atoms with Crippen molar-refractivity contribution in [3.63, 3.8) is 0 Å². The van der Waals surface area contributed by atoms with E-state index < -0.39 is 11.7 Å². The Balaban J connectivity index is 1.72. The number of carbonyl (C=O) groups is 2. The number of aromatic nitrogens is 2. The number of amides is 1. The molecule has 3 aromatic carbocycles. The van der Waals surface area contributed by atoms with E-state index in [1.54, 1.807) is 24.5 Å². The number of nitrogens with one attached hydrogen (secondary N) is 1. The normalized spacial score (nSPS) is 12.0. The molecule has 0 saturated carbocycles. The Bertz CT molecular complexity index is 1300. The second-order valence-corrected chi connectivity index (χ2v) is 8.21. The van der Waals surface area contributed by atoms with Crippen LogP contribution in [-0.2, 0) is 4.79 Å². The van der Waals surface area contributed by atoms with Crippen LogP contribution in [0.15, 0.2) is 60.9 Å². The molecule has 0 aliphatic heterocycles. The van der Waals surface area contributed by atoms with Crippen LogP contribution >= 0.6 is 34.8 Å². The summed E-state index contributed by atoms with van der Waals surface area (Å²) in [5.41, 5.74) is 2.59. The summed E-state index contributed by atoms with van der Waals surface area (Å²) >= 11 is 18.0. The number of phenols is 1. The minimum Gasteiger partial charge on any atom is -0.505 e. The van der Waals surface area contributed by atoms with Gasteiger partial charge in [0.1, 0.15) is 17.6 Å². The third kappa shape index (κ3) is 4.17. The SMILES string of the molecule is O=CCC(c1ccccc1)n1cnc2ccc(NC(=O)c3c(O)c(Cl)cc(Cl)c3Cl)cc21. The molecule has 32 heavy (non-hydrogen) atoms. The predicted molar refractivity (Wildman–Crippen MR) is 126 cm³/mol. The number of imidazole rings is 1. The molecule has 1 heterocycles. The van der Waals surface area contributed by atoms with E-state index in [2.05, 4.69) is 10.3 Å². The molecule has 0 saturated heterocycles. The second-order valence-electron chi connectivity index (χ2n) is 7.02. The summed E-state index contributed by atoms with van der Waals surface area (Å²) in [6.45, 7) is 0. The van der Waals surface area contributed by atoms with Gasteiger partial charge in [0.25, 0.3) is 5.91 Å². The fraction of sp³-hybridized carbons (Fsp3) is 0.0870. The van der Waals surface area contributed by atoms with Gasteiger partial charge in [-0.05, 0) is 29.8 Å². The minimum absolute atomic E-state index is 0.0488. The van der Waals surface area contributed by atoms with Crippen molar-refractivity contribution in [3.8, 4) is 5.75 Å². The average molecular weight is 489 g/mol. The Hall–Kier alpha value is -3.06. The number of nitrogens with zero attached hydrogens (tertiary/aromatic N) is 2. The van der Waals surface area contributed by atoms with E-state index >= 15 is 0 Å². The molecule has 0 aliphatic rings. The molecular weight excluding hydrogens is 473 g/mol. The summed E-state index contributed by atoms with van der Waals surface area (Å²) < 4.78 is 1.88. The summed E-state index contributed by atoms with van der Waals surface area (Å²) in [6.07, 6.45) is 2.79. The fourth-order valence-corrected chi connectivity index (χ4v) is 4.21. The summed E-state index contributed by atoms with van der Waals surface area (Å²) in [7, 11) is 0. The van der Waals surface area contributed by atoms with Crippen LogP contribution in [0.4, 0.5) is 5.69 Å². The van der Waals surface area contributed by atoms with Gasteiger partial charge in [0.05, 0.1) is 38.5 Å². The van der Waals surface area contributed by atoms with Crippen molar-refractivity contribution in [2.24, 2.45) is 0 Å². The third-order valence-corrected chi connectivity index (χ3v) is 6.12. The molecule has 0 bridgehead atoms. The molecule has 0 spiro atoms. The molecule has 6 nitrogen and oxygen atoms in total. The van der Waals surface area contributed by atoms with Gasteiger partial charge in [-0.3, -0.25) is 4.79 Å². The minimum atomic E-state index is -0.671. The molecule has 1 unspecified atom stereocenters. The van der Waals surface area contributed by atoms with Crippen LogP contribution in [0, 0.1) is 0 Å². The standard InChI is InChI=1S/C23H16Cl3N3O3/c24-15-11-16(25)22(31)20(21(15)26)23(32)28-14-6-7-17-19(10-14)29(12-27-17)18(8-9-30)13-4-2-1-3-5-13/h1-7,9-12,18,31H,8H2,(H,28,32). The number of hydrogen-bond acceptors (Lipinski definition) is 4. The van der Waals surface area contributed by atoms with Gasteiger partial charge in [-0.2, -0.15) is 0 Å². The van der Waals surface area contributed by atoms with E-state index in [0.29, 0.717) is 11.2 Å². The first-order chi connectivity index (χ1) is 15.4. The summed E-state index contributed by atoms with van der Waals surface area (Å²) in [5, 5.41) is 12.8. The van der Waals surface area contributed by atoms with Crippen LogP contribution in [0.5, 0.6) is 5.75 Å². The lowest BCUT2D eigenvalue weighted by Crippen LogP contribution is -2.14. The van der Waals surface area contributed by atoms with Crippen molar-refractivity contribution >= 4 is 63.7 Å². The maximum absolute atomic E-state index is 12.8. The third-order valence-electron chi connectivity index (χ3n) is 5.04. The number of rotatable bonds is 6. The number of phenolic OH excluding ortho intramolecular Hbond substituents is 1. The number of benzene rings is 3. The highest BCUT2D eigenvalue weighted by Crippen LogP contribution is 2.39. The molecule has 0 aliphatic carbocycles. The molecule has 0 radical (unpaired) electrons. The van der Waals surface area contributed by atoms with Crippen LogP contribution in [0.25, 0.3) is 11.0 Å². The van der Waals surface area contributed by atoms with Crippen molar-refractivity contribution in [1.82, 2.24) is 9.55 Å². The molecule has 1 atom stereocenters. The lowest BCUT2D eigenvalue weighted by Gasteiger charge is -2.18. The average Bonchev–Trinajstić information content (AvgIpc) is 3.20. The molecule has 9 heteroatoms. The van der Waals surface area contributed by atoms with Gasteiger partial charge in [0.2, 0.25) is 0 Å². The van der Waals surface area contributed by atoms with Gasteiger partial charge in [-0.1, -0.05) is 65.1 Å². The van der Waals surface area contributed by atoms with Gasteiger partial charge < -0.3 is 19.8 Å². The maximum Gasteiger partial charge on any atom is 0.261 e. The summed E-state index contributed by atoms with van der Waals surface area (Å²) in [4.78, 5) is 28.6. The topological polar surface area (TPSA) is 84.2 Å². The first kappa shape index (κ1) is 22.1. The lowest BCUT2D eigenvalue weighted by atomic mass is 10.0. The van der Waals surface area contributed by atoms with E-state index in [1.807, 2.05) is 34.9 Å². The van der Waals surface area contributed by atoms with Crippen LogP contribution in [0.3, 0.4) is 0 Å². The van der Waals surface area contributed by atoms with E-state index in [4.69, 9.17) is 34.8 Å². The van der Waals surface area contributed by atoms with Crippen molar-refractivity contribution in [1.29, 1.82) is 0 Å².